The summed E-state index contributed by atoms with van der Waals surface area (Å²) in [5.41, 5.74) is 6.48. The van der Waals surface area contributed by atoms with Crippen LogP contribution in [0.25, 0.3) is 0 Å². The van der Waals surface area contributed by atoms with Crippen LogP contribution >= 0.6 is 0 Å². The molecule has 1 aliphatic heterocycles. The van der Waals surface area contributed by atoms with Gasteiger partial charge in [0.15, 0.2) is 0 Å². The Kier molecular flexibility index (Phi) is 5.24. The maximum Gasteiger partial charge on any atom is 0.315 e. The van der Waals surface area contributed by atoms with Crippen LogP contribution in [0.2, 0.25) is 0 Å². The summed E-state index contributed by atoms with van der Waals surface area (Å²) in [5.74, 6) is -0.749. The fourth-order valence-corrected chi connectivity index (χ4v) is 2.28. The average molecular weight is 291 g/mol. The van der Waals surface area contributed by atoms with E-state index in [9.17, 15) is 9.59 Å². The third kappa shape index (κ3) is 4.24. The van der Waals surface area contributed by atoms with Gasteiger partial charge in [0.2, 0.25) is 0 Å². The van der Waals surface area contributed by atoms with E-state index in [-0.39, 0.29) is 0 Å². The molecule has 114 valence electrons. The fourth-order valence-electron chi connectivity index (χ4n) is 2.28. The molecule has 0 unspecified atom stereocenters. The molecule has 1 aromatic rings. The summed E-state index contributed by atoms with van der Waals surface area (Å²) < 4.78 is 0. The summed E-state index contributed by atoms with van der Waals surface area (Å²) in [7, 11) is 0. The van der Waals surface area contributed by atoms with Crippen molar-refractivity contribution in [3.63, 3.8) is 0 Å². The molecule has 1 fully saturated rings. The monoisotopic (exact) mass is 291 g/mol. The molecule has 0 spiro atoms. The lowest BCUT2D eigenvalue weighted by Gasteiger charge is -2.33. The van der Waals surface area contributed by atoms with Crippen LogP contribution in [0.15, 0.2) is 18.3 Å². The Labute approximate surface area is 124 Å². The number of carbonyl (C=O) groups excluding carboxylic acids is 2. The first-order valence-electron chi connectivity index (χ1n) is 7.05. The van der Waals surface area contributed by atoms with E-state index in [1.807, 2.05) is 13.0 Å². The molecular formula is C14H21N5O2. The number of rotatable bonds is 3. The van der Waals surface area contributed by atoms with E-state index in [0.29, 0.717) is 25.5 Å². The smallest absolute Gasteiger partial charge is 0.315 e. The largest absolute Gasteiger partial charge is 0.332 e. The van der Waals surface area contributed by atoms with Crippen molar-refractivity contribution >= 4 is 17.6 Å². The van der Waals surface area contributed by atoms with E-state index in [0.717, 1.165) is 25.2 Å². The second kappa shape index (κ2) is 7.14. The van der Waals surface area contributed by atoms with Crippen molar-refractivity contribution in [2.45, 2.75) is 6.92 Å². The Hall–Kier alpha value is -1.99. The molecule has 1 saturated heterocycles. The molecule has 3 N–H and O–H groups in total. The zero-order valence-corrected chi connectivity index (χ0v) is 12.2. The number of piperazine rings is 1. The van der Waals surface area contributed by atoms with Crippen LogP contribution in [0, 0.1) is 6.92 Å². The highest BCUT2D eigenvalue weighted by Crippen LogP contribution is 2.07. The lowest BCUT2D eigenvalue weighted by atomic mass is 10.3. The topological polar surface area (TPSA) is 91.6 Å². The molecule has 1 aromatic heterocycles. The van der Waals surface area contributed by atoms with Gasteiger partial charge in [0.05, 0.1) is 0 Å². The number of aryl methyl sites for hydroxylation is 1. The van der Waals surface area contributed by atoms with Crippen LogP contribution < -0.4 is 11.1 Å². The standard InChI is InChI=1S/C14H21N5O2/c1-11-2-4-16-12(10-11)17-13(20)14(21)19-8-6-18(5-3-15)7-9-19/h2,4,10H,3,5-9,15H2,1H3,(H,16,17,20). The van der Waals surface area contributed by atoms with Crippen LogP contribution in [0.3, 0.4) is 0 Å². The van der Waals surface area contributed by atoms with Crippen molar-refractivity contribution < 1.29 is 9.59 Å². The van der Waals surface area contributed by atoms with Crippen LogP contribution in [0.5, 0.6) is 0 Å². The molecule has 0 aliphatic carbocycles. The lowest BCUT2D eigenvalue weighted by Crippen LogP contribution is -2.52. The predicted octanol–water partition coefficient (Wildman–Crippen LogP) is -0.569. The van der Waals surface area contributed by atoms with E-state index in [4.69, 9.17) is 5.73 Å². The molecular weight excluding hydrogens is 270 g/mol. The number of amides is 2. The zero-order chi connectivity index (χ0) is 15.2. The highest BCUT2D eigenvalue weighted by Gasteiger charge is 2.25. The molecule has 2 amide bonds. The van der Waals surface area contributed by atoms with Crippen LogP contribution in [0.1, 0.15) is 5.56 Å². The fraction of sp³-hybridized carbons (Fsp3) is 0.500. The molecule has 2 heterocycles. The molecule has 7 nitrogen and oxygen atoms in total. The minimum atomic E-state index is -0.639. The highest BCUT2D eigenvalue weighted by molar-refractivity contribution is 6.39. The second-order valence-electron chi connectivity index (χ2n) is 5.10. The number of carbonyl (C=O) groups is 2. The zero-order valence-electron chi connectivity index (χ0n) is 12.2. The van der Waals surface area contributed by atoms with Crippen LogP contribution in [0.4, 0.5) is 5.82 Å². The summed E-state index contributed by atoms with van der Waals surface area (Å²) in [6.45, 7) is 5.92. The van der Waals surface area contributed by atoms with Crippen molar-refractivity contribution in [2.75, 3.05) is 44.6 Å². The van der Waals surface area contributed by atoms with Gasteiger partial charge in [0.25, 0.3) is 0 Å². The van der Waals surface area contributed by atoms with E-state index < -0.39 is 11.8 Å². The summed E-state index contributed by atoms with van der Waals surface area (Å²) in [4.78, 5) is 31.8. The highest BCUT2D eigenvalue weighted by atomic mass is 16.2. The third-order valence-electron chi connectivity index (χ3n) is 3.46. The van der Waals surface area contributed by atoms with E-state index in [1.54, 1.807) is 17.2 Å². The maximum atomic E-state index is 12.1. The predicted molar refractivity (Wildman–Crippen MR) is 79.7 cm³/mol. The number of nitrogens with one attached hydrogen (secondary N) is 1. The first-order chi connectivity index (χ1) is 10.1. The van der Waals surface area contributed by atoms with Crippen molar-refractivity contribution in [3.8, 4) is 0 Å². The molecule has 1 aliphatic rings. The van der Waals surface area contributed by atoms with Gasteiger partial charge < -0.3 is 16.0 Å². The molecule has 7 heteroatoms. The second-order valence-corrected chi connectivity index (χ2v) is 5.10. The van der Waals surface area contributed by atoms with Gasteiger partial charge in [-0.15, -0.1) is 0 Å². The summed E-state index contributed by atoms with van der Waals surface area (Å²) in [6, 6.07) is 3.55. The number of pyridine rings is 1. The van der Waals surface area contributed by atoms with Crippen molar-refractivity contribution in [1.82, 2.24) is 14.8 Å². The van der Waals surface area contributed by atoms with Crippen molar-refractivity contribution in [3.05, 3.63) is 23.9 Å². The van der Waals surface area contributed by atoms with E-state index >= 15 is 0 Å². The third-order valence-corrected chi connectivity index (χ3v) is 3.46. The Balaban J connectivity index is 1.87. The minimum Gasteiger partial charge on any atom is -0.332 e. The number of aromatic nitrogens is 1. The first kappa shape index (κ1) is 15.4. The van der Waals surface area contributed by atoms with Crippen molar-refractivity contribution in [2.24, 2.45) is 5.73 Å². The maximum absolute atomic E-state index is 12.1. The van der Waals surface area contributed by atoms with Gasteiger partial charge in [-0.25, -0.2) is 4.98 Å². The Morgan fingerprint density at radius 1 is 1.33 bits per heavy atom. The van der Waals surface area contributed by atoms with E-state index in [1.165, 1.54) is 0 Å². The first-order valence-corrected chi connectivity index (χ1v) is 7.05. The van der Waals surface area contributed by atoms with Gasteiger partial charge in [-0.3, -0.25) is 14.5 Å². The Morgan fingerprint density at radius 2 is 2.05 bits per heavy atom. The van der Waals surface area contributed by atoms with Crippen LogP contribution in [-0.4, -0.2) is 65.9 Å². The van der Waals surface area contributed by atoms with Gasteiger partial charge in [-0.2, -0.15) is 0 Å². The SMILES string of the molecule is Cc1ccnc(NC(=O)C(=O)N2CCN(CCN)CC2)c1. The molecule has 2 rings (SSSR count). The number of hydrogen-bond donors (Lipinski definition) is 2. The lowest BCUT2D eigenvalue weighted by molar-refractivity contribution is -0.144. The summed E-state index contributed by atoms with van der Waals surface area (Å²) >= 11 is 0. The van der Waals surface area contributed by atoms with E-state index in [2.05, 4.69) is 15.2 Å². The average Bonchev–Trinajstić information content (AvgIpc) is 2.47. The Morgan fingerprint density at radius 3 is 2.67 bits per heavy atom. The van der Waals surface area contributed by atoms with Gasteiger partial charge in [-0.05, 0) is 24.6 Å². The van der Waals surface area contributed by atoms with Gasteiger partial charge in [0.1, 0.15) is 5.82 Å². The molecule has 21 heavy (non-hydrogen) atoms. The normalized spacial score (nSPS) is 15.8. The minimum absolute atomic E-state index is 0.398. The molecule has 0 bridgehead atoms. The number of anilines is 1. The van der Waals surface area contributed by atoms with Gasteiger partial charge >= 0.3 is 11.8 Å². The number of nitrogens with zero attached hydrogens (tertiary/aromatic N) is 3. The summed E-state index contributed by atoms with van der Waals surface area (Å²) in [6.07, 6.45) is 1.60. The number of nitrogens with two attached hydrogens (primary N) is 1. The van der Waals surface area contributed by atoms with Gasteiger partial charge in [-0.1, -0.05) is 0 Å². The number of hydrogen-bond acceptors (Lipinski definition) is 5. The molecule has 0 saturated carbocycles. The summed E-state index contributed by atoms with van der Waals surface area (Å²) in [5, 5.41) is 2.54. The Bertz CT molecular complexity index is 512. The van der Waals surface area contributed by atoms with Crippen molar-refractivity contribution in [1.29, 1.82) is 0 Å². The van der Waals surface area contributed by atoms with Crippen LogP contribution in [-0.2, 0) is 9.59 Å². The van der Waals surface area contributed by atoms with Gasteiger partial charge in [0, 0.05) is 45.5 Å². The quantitative estimate of drug-likeness (QED) is 0.728. The molecule has 0 atom stereocenters. The molecule has 0 aromatic carbocycles. The molecule has 0 radical (unpaired) electrons.